The van der Waals surface area contributed by atoms with Crippen molar-refractivity contribution in [1.82, 2.24) is 4.98 Å². The second-order valence-electron chi connectivity index (χ2n) is 4.22. The lowest BCUT2D eigenvalue weighted by atomic mass is 9.84. The summed E-state index contributed by atoms with van der Waals surface area (Å²) in [5, 5.41) is 0. The van der Waals surface area contributed by atoms with E-state index in [0.717, 1.165) is 12.8 Å². The maximum absolute atomic E-state index is 11.8. The Kier molecular flexibility index (Phi) is 5.67. The van der Waals surface area contributed by atoms with Gasteiger partial charge in [0, 0.05) is 12.4 Å². The maximum Gasteiger partial charge on any atom is 0.309 e. The van der Waals surface area contributed by atoms with Gasteiger partial charge in [-0.15, -0.1) is 0 Å². The highest BCUT2D eigenvalue weighted by atomic mass is 16.5. The molecule has 17 heavy (non-hydrogen) atoms. The third-order valence-electron chi connectivity index (χ3n) is 3.00. The van der Waals surface area contributed by atoms with Gasteiger partial charge in [0.15, 0.2) is 0 Å². The molecule has 0 radical (unpaired) electrons. The summed E-state index contributed by atoms with van der Waals surface area (Å²) in [6.45, 7) is 6.36. The van der Waals surface area contributed by atoms with Gasteiger partial charge in [-0.25, -0.2) is 0 Å². The zero-order valence-corrected chi connectivity index (χ0v) is 10.8. The van der Waals surface area contributed by atoms with Crippen molar-refractivity contribution < 1.29 is 9.53 Å². The highest BCUT2D eigenvalue weighted by Gasteiger charge is 2.25. The molecule has 0 saturated heterocycles. The Morgan fingerprint density at radius 3 is 2.53 bits per heavy atom. The fourth-order valence-electron chi connectivity index (χ4n) is 2.06. The van der Waals surface area contributed by atoms with Crippen molar-refractivity contribution in [3.05, 3.63) is 30.1 Å². The smallest absolute Gasteiger partial charge is 0.309 e. The van der Waals surface area contributed by atoms with Gasteiger partial charge in [-0.2, -0.15) is 0 Å². The molecular weight excluding hydrogens is 214 g/mol. The number of nitrogens with zero attached hydrogens (tertiary/aromatic N) is 1. The zero-order valence-electron chi connectivity index (χ0n) is 10.8. The Labute approximate surface area is 103 Å². The first-order valence-corrected chi connectivity index (χ1v) is 6.27. The number of carbonyl (C=O) groups is 1. The summed E-state index contributed by atoms with van der Waals surface area (Å²) in [5.41, 5.74) is 1.17. The molecule has 0 aliphatic carbocycles. The second-order valence-corrected chi connectivity index (χ2v) is 4.22. The van der Waals surface area contributed by atoms with E-state index in [0.29, 0.717) is 6.61 Å². The molecule has 0 aliphatic rings. The third-order valence-corrected chi connectivity index (χ3v) is 3.00. The monoisotopic (exact) mass is 235 g/mol. The fraction of sp³-hybridized carbons (Fsp3) is 0.571. The van der Waals surface area contributed by atoms with Crippen LogP contribution in [0.1, 0.15) is 45.1 Å². The van der Waals surface area contributed by atoms with Crippen LogP contribution in [0.15, 0.2) is 24.5 Å². The van der Waals surface area contributed by atoms with Gasteiger partial charge in [0.25, 0.3) is 0 Å². The number of pyridine rings is 1. The molecule has 1 heterocycles. The van der Waals surface area contributed by atoms with Crippen molar-refractivity contribution in [3.63, 3.8) is 0 Å². The molecule has 0 aliphatic heterocycles. The minimum absolute atomic E-state index is 0.0997. The Hall–Kier alpha value is -1.38. The van der Waals surface area contributed by atoms with Crippen LogP contribution in [0.4, 0.5) is 0 Å². The van der Waals surface area contributed by atoms with Crippen LogP contribution in [-0.4, -0.2) is 17.6 Å². The maximum atomic E-state index is 11.8. The number of hydrogen-bond acceptors (Lipinski definition) is 3. The summed E-state index contributed by atoms with van der Waals surface area (Å²) in [7, 11) is 0. The molecular formula is C14H21NO2. The van der Waals surface area contributed by atoms with Crippen molar-refractivity contribution in [2.75, 3.05) is 6.61 Å². The summed E-state index contributed by atoms with van der Waals surface area (Å²) in [4.78, 5) is 15.8. The van der Waals surface area contributed by atoms with Crippen LogP contribution in [-0.2, 0) is 9.53 Å². The van der Waals surface area contributed by atoms with Gasteiger partial charge >= 0.3 is 5.97 Å². The molecule has 0 amide bonds. The first-order valence-electron chi connectivity index (χ1n) is 6.27. The van der Waals surface area contributed by atoms with E-state index in [-0.39, 0.29) is 17.8 Å². The fourth-order valence-corrected chi connectivity index (χ4v) is 2.06. The highest BCUT2D eigenvalue weighted by molar-refractivity contribution is 5.73. The molecule has 0 bridgehead atoms. The van der Waals surface area contributed by atoms with Crippen molar-refractivity contribution in [1.29, 1.82) is 0 Å². The van der Waals surface area contributed by atoms with Gasteiger partial charge < -0.3 is 4.74 Å². The molecule has 94 valence electrons. The zero-order chi connectivity index (χ0) is 12.7. The summed E-state index contributed by atoms with van der Waals surface area (Å²) in [6.07, 6.45) is 5.59. The second kappa shape index (κ2) is 7.05. The molecule has 2 atom stereocenters. The Balaban J connectivity index is 2.82. The summed E-state index contributed by atoms with van der Waals surface area (Å²) in [5.74, 6) is 0.0158. The van der Waals surface area contributed by atoms with Crippen LogP contribution >= 0.6 is 0 Å². The molecule has 1 aromatic rings. The predicted octanol–water partition coefficient (Wildman–Crippen LogP) is 3.16. The molecule has 0 aromatic carbocycles. The largest absolute Gasteiger partial charge is 0.466 e. The summed E-state index contributed by atoms with van der Waals surface area (Å²) < 4.78 is 5.10. The van der Waals surface area contributed by atoms with Crippen LogP contribution in [0.25, 0.3) is 0 Å². The van der Waals surface area contributed by atoms with Crippen molar-refractivity contribution in [2.45, 2.75) is 39.5 Å². The first kappa shape index (κ1) is 13.7. The van der Waals surface area contributed by atoms with Crippen LogP contribution in [0.2, 0.25) is 0 Å². The molecule has 1 aromatic heterocycles. The molecule has 0 saturated carbocycles. The lowest BCUT2D eigenvalue weighted by Crippen LogP contribution is -2.22. The van der Waals surface area contributed by atoms with Crippen LogP contribution in [0.3, 0.4) is 0 Å². The van der Waals surface area contributed by atoms with Crippen LogP contribution in [0.5, 0.6) is 0 Å². The van der Waals surface area contributed by atoms with Crippen molar-refractivity contribution in [2.24, 2.45) is 5.92 Å². The van der Waals surface area contributed by atoms with E-state index in [1.807, 2.05) is 26.0 Å². The van der Waals surface area contributed by atoms with E-state index in [1.165, 1.54) is 5.56 Å². The van der Waals surface area contributed by atoms with Gasteiger partial charge in [0.1, 0.15) is 0 Å². The molecule has 1 rings (SSSR count). The number of carbonyl (C=O) groups excluding carboxylic acids is 1. The average molecular weight is 235 g/mol. The number of aromatic nitrogens is 1. The van der Waals surface area contributed by atoms with Gasteiger partial charge in [-0.05, 0) is 37.0 Å². The Bertz CT molecular complexity index is 337. The normalized spacial score (nSPS) is 14.1. The minimum atomic E-state index is -0.109. The SMILES string of the molecule is CCCC(c1ccncc1)C(C)C(=O)OCC. The van der Waals surface area contributed by atoms with E-state index >= 15 is 0 Å². The molecule has 0 N–H and O–H groups in total. The minimum Gasteiger partial charge on any atom is -0.466 e. The van der Waals surface area contributed by atoms with Crippen molar-refractivity contribution in [3.8, 4) is 0 Å². The third kappa shape index (κ3) is 3.84. The van der Waals surface area contributed by atoms with Gasteiger partial charge in [0.05, 0.1) is 12.5 Å². The number of ether oxygens (including phenoxy) is 1. The quantitative estimate of drug-likeness (QED) is 0.711. The lowest BCUT2D eigenvalue weighted by Gasteiger charge is -2.22. The Morgan fingerprint density at radius 2 is 2.00 bits per heavy atom. The van der Waals surface area contributed by atoms with E-state index in [9.17, 15) is 4.79 Å². The van der Waals surface area contributed by atoms with E-state index in [4.69, 9.17) is 4.74 Å². The van der Waals surface area contributed by atoms with Gasteiger partial charge in [0.2, 0.25) is 0 Å². The standard InChI is InChI=1S/C14H21NO2/c1-4-6-13(11(3)14(16)17-5-2)12-7-9-15-10-8-12/h7-11,13H,4-6H2,1-3H3. The van der Waals surface area contributed by atoms with Gasteiger partial charge in [-0.1, -0.05) is 20.3 Å². The van der Waals surface area contributed by atoms with E-state index in [1.54, 1.807) is 12.4 Å². The molecule has 0 fully saturated rings. The van der Waals surface area contributed by atoms with E-state index in [2.05, 4.69) is 11.9 Å². The highest BCUT2D eigenvalue weighted by Crippen LogP contribution is 2.29. The molecule has 2 unspecified atom stereocenters. The molecule has 0 spiro atoms. The Morgan fingerprint density at radius 1 is 1.35 bits per heavy atom. The van der Waals surface area contributed by atoms with E-state index < -0.39 is 0 Å². The summed E-state index contributed by atoms with van der Waals surface area (Å²) in [6, 6.07) is 3.96. The van der Waals surface area contributed by atoms with Crippen molar-refractivity contribution >= 4 is 5.97 Å². The first-order chi connectivity index (χ1) is 8.20. The van der Waals surface area contributed by atoms with Crippen LogP contribution in [0, 0.1) is 5.92 Å². The summed E-state index contributed by atoms with van der Waals surface area (Å²) >= 11 is 0. The molecule has 3 nitrogen and oxygen atoms in total. The number of esters is 1. The average Bonchev–Trinajstić information content (AvgIpc) is 2.36. The van der Waals surface area contributed by atoms with Gasteiger partial charge in [-0.3, -0.25) is 9.78 Å². The van der Waals surface area contributed by atoms with Crippen LogP contribution < -0.4 is 0 Å². The number of hydrogen-bond donors (Lipinski definition) is 0. The topological polar surface area (TPSA) is 39.2 Å². The number of rotatable bonds is 6. The lowest BCUT2D eigenvalue weighted by molar-refractivity contribution is -0.148. The predicted molar refractivity (Wildman–Crippen MR) is 67.7 cm³/mol. The molecule has 3 heteroatoms.